The lowest BCUT2D eigenvalue weighted by molar-refractivity contribution is -0.199. The van der Waals surface area contributed by atoms with Crippen LogP contribution in [-0.4, -0.2) is 78.8 Å². The van der Waals surface area contributed by atoms with Gasteiger partial charge in [0.05, 0.1) is 5.34 Å². The number of hydrogen-bond acceptors (Lipinski definition) is 6. The monoisotopic (exact) mass is 818 g/mol. The van der Waals surface area contributed by atoms with E-state index in [-0.39, 0.29) is 70.4 Å². The Balaban J connectivity index is 0.000000861. The molecule has 5 N–H and O–H groups in total. The Morgan fingerprint density at radius 2 is 1.11 bits per heavy atom. The van der Waals surface area contributed by atoms with Gasteiger partial charge in [-0.05, 0) is 95.6 Å². The SMILES string of the molecule is C.C.CC1CC1.Cc1ccc(NC(=O)NC2CCN(C(=O)C3(C(F)(F)F)CC3)CC2)cc1.Cc1ccc(NC(=O)NC2CCNCC2)cc1.ClCCl.O=C=O. The van der Waals surface area contributed by atoms with E-state index in [9.17, 15) is 27.6 Å². The van der Waals surface area contributed by atoms with E-state index in [1.165, 1.54) is 23.3 Å². The highest BCUT2D eigenvalue weighted by atomic mass is 35.5. The maximum atomic E-state index is 13.1. The van der Waals surface area contributed by atoms with Crippen LogP contribution in [0.25, 0.3) is 0 Å². The molecule has 0 unspecified atom stereocenters. The van der Waals surface area contributed by atoms with E-state index < -0.39 is 17.5 Å². The van der Waals surface area contributed by atoms with Gasteiger partial charge in [-0.3, -0.25) is 4.79 Å². The molecule has 55 heavy (non-hydrogen) atoms. The summed E-state index contributed by atoms with van der Waals surface area (Å²) in [6.45, 7) is 8.67. The van der Waals surface area contributed by atoms with Crippen LogP contribution in [0.3, 0.4) is 0 Å². The molecule has 16 heteroatoms. The van der Waals surface area contributed by atoms with Gasteiger partial charge in [-0.25, -0.2) is 9.59 Å². The number of aryl methyl sites for hydroxylation is 2. The van der Waals surface area contributed by atoms with Crippen LogP contribution in [0.2, 0.25) is 0 Å². The van der Waals surface area contributed by atoms with Crippen LogP contribution in [0.15, 0.2) is 48.5 Å². The van der Waals surface area contributed by atoms with Crippen molar-refractivity contribution in [3.8, 4) is 0 Å². The van der Waals surface area contributed by atoms with Crippen molar-refractivity contribution in [3.63, 3.8) is 0 Å². The number of nitrogens with zero attached hydrogens (tertiary/aromatic N) is 1. The average Bonchev–Trinajstić information content (AvgIpc) is 4.06. The van der Waals surface area contributed by atoms with Gasteiger partial charge in [0.25, 0.3) is 0 Å². The van der Waals surface area contributed by atoms with E-state index in [1.807, 2.05) is 50.2 Å². The van der Waals surface area contributed by atoms with Gasteiger partial charge in [0.15, 0.2) is 0 Å². The molecule has 0 radical (unpaired) electrons. The Morgan fingerprint density at radius 1 is 0.764 bits per heavy atom. The molecule has 4 aliphatic rings. The third-order valence-corrected chi connectivity index (χ3v) is 8.98. The van der Waals surface area contributed by atoms with Gasteiger partial charge >= 0.3 is 24.4 Å². The van der Waals surface area contributed by atoms with Gasteiger partial charge < -0.3 is 31.5 Å². The normalized spacial score (nSPS) is 16.8. The first-order valence-corrected chi connectivity index (χ1v) is 18.7. The molecule has 2 heterocycles. The largest absolute Gasteiger partial charge is 0.403 e. The molecule has 0 bridgehead atoms. The number of piperidine rings is 2. The maximum absolute atomic E-state index is 13.1. The van der Waals surface area contributed by atoms with Crippen molar-refractivity contribution in [2.45, 2.75) is 105 Å². The highest BCUT2D eigenvalue weighted by molar-refractivity contribution is 6.40. The number of urea groups is 2. The minimum atomic E-state index is -4.48. The molecule has 0 spiro atoms. The minimum Gasteiger partial charge on any atom is -0.342 e. The van der Waals surface area contributed by atoms with Crippen LogP contribution in [-0.2, 0) is 14.4 Å². The zero-order valence-corrected chi connectivity index (χ0v) is 31.9. The van der Waals surface area contributed by atoms with Crippen molar-refractivity contribution in [1.82, 2.24) is 20.9 Å². The van der Waals surface area contributed by atoms with Crippen LogP contribution < -0.4 is 26.6 Å². The Hall–Kier alpha value is -3.84. The summed E-state index contributed by atoms with van der Waals surface area (Å²) < 4.78 is 39.2. The molecule has 5 amide bonds. The number of halogens is 5. The third-order valence-electron chi connectivity index (χ3n) is 8.98. The third kappa shape index (κ3) is 19.5. The van der Waals surface area contributed by atoms with Gasteiger partial charge in [0.1, 0.15) is 5.41 Å². The molecule has 2 saturated heterocycles. The predicted molar refractivity (Wildman–Crippen MR) is 213 cm³/mol. The summed E-state index contributed by atoms with van der Waals surface area (Å²) in [7, 11) is 0. The second-order valence-electron chi connectivity index (χ2n) is 13.5. The number of likely N-dealkylation sites (tertiary alicyclic amines) is 1. The van der Waals surface area contributed by atoms with Crippen molar-refractivity contribution >= 4 is 58.7 Å². The van der Waals surface area contributed by atoms with Gasteiger partial charge in [0, 0.05) is 36.5 Å². The van der Waals surface area contributed by atoms with E-state index in [1.54, 1.807) is 12.1 Å². The summed E-state index contributed by atoms with van der Waals surface area (Å²) in [5, 5.41) is 14.8. The van der Waals surface area contributed by atoms with Crippen LogP contribution in [0.1, 0.15) is 84.3 Å². The Labute approximate surface area is 334 Å². The number of benzene rings is 2. The van der Waals surface area contributed by atoms with Crippen molar-refractivity contribution in [2.24, 2.45) is 11.3 Å². The Morgan fingerprint density at radius 3 is 1.42 bits per heavy atom. The van der Waals surface area contributed by atoms with Crippen LogP contribution in [0.4, 0.5) is 34.1 Å². The van der Waals surface area contributed by atoms with E-state index in [2.05, 4.69) is 33.5 Å². The van der Waals surface area contributed by atoms with Crippen molar-refractivity contribution in [3.05, 3.63) is 59.7 Å². The fraction of sp³-hybridized carbons (Fsp3) is 0.590. The first-order valence-electron chi connectivity index (χ1n) is 17.6. The molecule has 2 saturated carbocycles. The molecule has 4 fully saturated rings. The lowest BCUT2D eigenvalue weighted by Gasteiger charge is -2.35. The highest BCUT2D eigenvalue weighted by Crippen LogP contribution is 2.58. The molecule has 2 aliphatic heterocycles. The number of amides is 5. The molecule has 2 aromatic rings. The van der Waals surface area contributed by atoms with E-state index >= 15 is 0 Å². The highest BCUT2D eigenvalue weighted by Gasteiger charge is 2.69. The summed E-state index contributed by atoms with van der Waals surface area (Å²) in [6, 6.07) is 14.8. The lowest BCUT2D eigenvalue weighted by atomic mass is 10.00. The molecule has 0 atom stereocenters. The average molecular weight is 820 g/mol. The molecular formula is C39H59Cl2F3N6O5. The minimum absolute atomic E-state index is 0. The summed E-state index contributed by atoms with van der Waals surface area (Å²) in [6.07, 6.45) is 1.40. The number of hydrogen-bond donors (Lipinski definition) is 5. The van der Waals surface area contributed by atoms with E-state index in [4.69, 9.17) is 32.8 Å². The number of alkyl halides is 5. The summed E-state index contributed by atoms with van der Waals surface area (Å²) in [4.78, 5) is 53.5. The topological polar surface area (TPSA) is 149 Å². The molecule has 11 nitrogen and oxygen atoms in total. The number of carbonyl (C=O) groups excluding carboxylic acids is 5. The Kier molecular flexibility index (Phi) is 24.3. The molecule has 2 aromatic carbocycles. The fourth-order valence-electron chi connectivity index (χ4n) is 5.39. The number of anilines is 2. The number of rotatable bonds is 5. The first kappa shape index (κ1) is 51.2. The fourth-order valence-corrected chi connectivity index (χ4v) is 5.39. The number of carbonyl (C=O) groups is 3. The number of nitrogens with one attached hydrogen (secondary N) is 5. The second kappa shape index (κ2) is 26.1. The van der Waals surface area contributed by atoms with Crippen LogP contribution in [0, 0.1) is 25.2 Å². The van der Waals surface area contributed by atoms with Gasteiger partial charge in [-0.2, -0.15) is 22.8 Å². The zero-order chi connectivity index (χ0) is 39.4. The van der Waals surface area contributed by atoms with E-state index in [0.717, 1.165) is 43.1 Å². The quantitative estimate of drug-likeness (QED) is 0.191. The van der Waals surface area contributed by atoms with Gasteiger partial charge in [-0.15, -0.1) is 23.2 Å². The van der Waals surface area contributed by atoms with Crippen LogP contribution >= 0.6 is 23.2 Å². The second-order valence-corrected chi connectivity index (χ2v) is 14.3. The van der Waals surface area contributed by atoms with Crippen LogP contribution in [0.5, 0.6) is 0 Å². The molecule has 0 aromatic heterocycles. The standard InChI is InChI=1S/C18H22F3N3O2.C13H19N3O.C4H8.CH2Cl2.CO2.2CH4/c1-12-2-4-13(5-3-12)22-16(26)23-14-6-10-24(11-7-14)15(25)17(8-9-17)18(19,20)21;1-10-2-4-11(5-3-10)15-13(17)16-12-6-8-14-9-7-12;1-4-2-3-4;2*2-1-3;;/h2-5,14H,6-11H2,1H3,(H2,22,23,26);2-5,12,14H,6-9H2,1H3,(H2,15,16,17);4H,2-3H2,1H3;1H2;;2*1H4. The van der Waals surface area contributed by atoms with Crippen molar-refractivity contribution in [1.29, 1.82) is 0 Å². The zero-order valence-electron chi connectivity index (χ0n) is 30.4. The maximum Gasteiger partial charge on any atom is 0.403 e. The first-order chi connectivity index (χ1) is 25.2. The van der Waals surface area contributed by atoms with Gasteiger partial charge in [0.2, 0.25) is 5.91 Å². The van der Waals surface area contributed by atoms with Crippen molar-refractivity contribution < 1.29 is 37.1 Å². The molecule has 6 rings (SSSR count). The van der Waals surface area contributed by atoms with Crippen molar-refractivity contribution in [2.75, 3.05) is 42.2 Å². The summed E-state index contributed by atoms with van der Waals surface area (Å²) in [5.41, 5.74) is 1.62. The smallest absolute Gasteiger partial charge is 0.342 e. The summed E-state index contributed by atoms with van der Waals surface area (Å²) in [5.74, 6) is 0.271. The molecule has 2 aliphatic carbocycles. The molecular weight excluding hydrogens is 760 g/mol. The predicted octanol–water partition coefficient (Wildman–Crippen LogP) is 8.85. The molecule has 310 valence electrons. The Bertz CT molecular complexity index is 1440. The van der Waals surface area contributed by atoms with Gasteiger partial charge in [-0.1, -0.05) is 70.0 Å². The van der Waals surface area contributed by atoms with E-state index in [0.29, 0.717) is 24.6 Å². The summed E-state index contributed by atoms with van der Waals surface area (Å²) >= 11 is 9.53. The lowest BCUT2D eigenvalue weighted by Crippen LogP contribution is -2.51.